The van der Waals surface area contributed by atoms with Crippen LogP contribution in [0, 0.1) is 5.82 Å². The minimum absolute atomic E-state index is 0.223. The summed E-state index contributed by atoms with van der Waals surface area (Å²) in [6.45, 7) is 2.10. The largest absolute Gasteiger partial charge is 0.392 e. The van der Waals surface area contributed by atoms with E-state index in [0.29, 0.717) is 5.95 Å². The van der Waals surface area contributed by atoms with Gasteiger partial charge in [0.1, 0.15) is 5.82 Å². The predicted molar refractivity (Wildman–Crippen MR) is 95.9 cm³/mol. The van der Waals surface area contributed by atoms with E-state index in [2.05, 4.69) is 10.3 Å². The number of hydrogen-bond acceptors (Lipinski definition) is 5. The topological polar surface area (TPSA) is 94.1 Å². The minimum Gasteiger partial charge on any atom is -0.392 e. The molecule has 3 rings (SSSR count). The lowest BCUT2D eigenvalue weighted by atomic mass is 10.2. The third-order valence-corrected chi connectivity index (χ3v) is 4.16. The normalized spacial score (nSPS) is 12.5. The zero-order chi connectivity index (χ0) is 19.0. The second-order valence-electron chi connectivity index (χ2n) is 6.26. The number of hydrogen-bond donors (Lipinski definition) is 2. The van der Waals surface area contributed by atoms with Crippen molar-refractivity contribution in [2.45, 2.75) is 19.6 Å². The lowest BCUT2D eigenvalue weighted by molar-refractivity contribution is 0.208. The van der Waals surface area contributed by atoms with Crippen LogP contribution in [0.1, 0.15) is 12.5 Å². The van der Waals surface area contributed by atoms with Gasteiger partial charge in [-0.05, 0) is 24.6 Å². The van der Waals surface area contributed by atoms with E-state index in [1.807, 2.05) is 0 Å². The van der Waals surface area contributed by atoms with E-state index in [1.165, 1.54) is 30.8 Å². The average molecular weight is 361 g/mol. The van der Waals surface area contributed by atoms with Gasteiger partial charge in [-0.2, -0.15) is 4.98 Å². The van der Waals surface area contributed by atoms with Crippen molar-refractivity contribution in [3.8, 4) is 0 Å². The van der Waals surface area contributed by atoms with Gasteiger partial charge >= 0.3 is 5.69 Å². The summed E-state index contributed by atoms with van der Waals surface area (Å²) in [6.07, 6.45) is -0.624. The Labute approximate surface area is 148 Å². The Bertz CT molecular complexity index is 1060. The first-order valence-corrected chi connectivity index (χ1v) is 8.12. The van der Waals surface area contributed by atoms with Crippen LogP contribution in [0.4, 0.5) is 10.3 Å². The van der Waals surface area contributed by atoms with Gasteiger partial charge < -0.3 is 10.4 Å². The molecule has 0 aliphatic carbocycles. The molecule has 9 heteroatoms. The zero-order valence-electron chi connectivity index (χ0n) is 14.7. The van der Waals surface area contributed by atoms with Crippen molar-refractivity contribution in [3.63, 3.8) is 0 Å². The van der Waals surface area contributed by atoms with Gasteiger partial charge in [0.05, 0.1) is 12.6 Å². The van der Waals surface area contributed by atoms with Gasteiger partial charge in [0, 0.05) is 20.6 Å². The molecule has 26 heavy (non-hydrogen) atoms. The van der Waals surface area contributed by atoms with Gasteiger partial charge in [-0.1, -0.05) is 12.1 Å². The van der Waals surface area contributed by atoms with Crippen molar-refractivity contribution in [2.24, 2.45) is 14.1 Å². The van der Waals surface area contributed by atoms with Crippen LogP contribution in [0.2, 0.25) is 0 Å². The standard InChI is InChI=1S/C17H20FN5O3/c1-10(24)8-19-16-20-14-13(15(25)22(3)17(26)21(14)2)23(16)9-11-4-6-12(18)7-5-11/h4-7,10,24H,8-9H2,1-3H3,(H,19,20)/t10-/m0/s1. The second kappa shape index (κ2) is 6.75. The molecule has 2 heterocycles. The van der Waals surface area contributed by atoms with Crippen LogP contribution in [0.3, 0.4) is 0 Å². The fourth-order valence-corrected chi connectivity index (χ4v) is 2.75. The SMILES string of the molecule is C[C@H](O)CNc1nc2c(c(=O)n(C)c(=O)n2C)n1Cc1ccc(F)cc1. The van der Waals surface area contributed by atoms with E-state index in [4.69, 9.17) is 0 Å². The van der Waals surface area contributed by atoms with Crippen LogP contribution >= 0.6 is 0 Å². The van der Waals surface area contributed by atoms with Gasteiger partial charge in [-0.3, -0.25) is 18.5 Å². The van der Waals surface area contributed by atoms with Gasteiger partial charge in [0.2, 0.25) is 5.95 Å². The third-order valence-electron chi connectivity index (χ3n) is 4.16. The van der Waals surface area contributed by atoms with Crippen LogP contribution in [0.5, 0.6) is 0 Å². The Morgan fingerprint density at radius 3 is 2.46 bits per heavy atom. The fourth-order valence-electron chi connectivity index (χ4n) is 2.75. The number of benzene rings is 1. The van der Waals surface area contributed by atoms with Crippen molar-refractivity contribution in [1.82, 2.24) is 18.7 Å². The van der Waals surface area contributed by atoms with E-state index in [1.54, 1.807) is 23.6 Å². The molecule has 2 aromatic heterocycles. The summed E-state index contributed by atoms with van der Waals surface area (Å²) in [5.74, 6) is -0.00136. The molecule has 2 N–H and O–H groups in total. The molecule has 0 unspecified atom stereocenters. The number of nitrogens with one attached hydrogen (secondary N) is 1. The summed E-state index contributed by atoms with van der Waals surface area (Å²) in [7, 11) is 2.94. The van der Waals surface area contributed by atoms with Crippen LogP contribution < -0.4 is 16.6 Å². The molecule has 1 atom stereocenters. The van der Waals surface area contributed by atoms with Gasteiger partial charge in [-0.25, -0.2) is 9.18 Å². The monoisotopic (exact) mass is 361 g/mol. The maximum atomic E-state index is 13.2. The first-order chi connectivity index (χ1) is 12.3. The second-order valence-corrected chi connectivity index (χ2v) is 6.26. The molecule has 138 valence electrons. The minimum atomic E-state index is -0.624. The molecule has 0 radical (unpaired) electrons. The van der Waals surface area contributed by atoms with E-state index >= 15 is 0 Å². The molecule has 0 bridgehead atoms. The maximum absolute atomic E-state index is 13.2. The molecule has 0 spiro atoms. The Morgan fingerprint density at radius 1 is 1.19 bits per heavy atom. The van der Waals surface area contributed by atoms with Crippen molar-refractivity contribution < 1.29 is 9.50 Å². The molecule has 0 saturated carbocycles. The summed E-state index contributed by atoms with van der Waals surface area (Å²) in [4.78, 5) is 29.2. The number of aliphatic hydroxyl groups excluding tert-OH is 1. The molecule has 0 aliphatic rings. The highest BCUT2D eigenvalue weighted by Gasteiger charge is 2.19. The van der Waals surface area contributed by atoms with Gasteiger partial charge in [0.15, 0.2) is 11.2 Å². The number of aromatic nitrogens is 4. The summed E-state index contributed by atoms with van der Waals surface area (Å²) in [5, 5.41) is 12.5. The Balaban J connectivity index is 2.22. The van der Waals surface area contributed by atoms with Crippen molar-refractivity contribution in [1.29, 1.82) is 0 Å². The zero-order valence-corrected chi connectivity index (χ0v) is 14.7. The first-order valence-electron chi connectivity index (χ1n) is 8.12. The van der Waals surface area contributed by atoms with E-state index in [9.17, 15) is 19.1 Å². The van der Waals surface area contributed by atoms with E-state index in [0.717, 1.165) is 10.1 Å². The molecule has 0 amide bonds. The quantitative estimate of drug-likeness (QED) is 0.687. The molecular formula is C17H20FN5O3. The molecular weight excluding hydrogens is 341 g/mol. The molecule has 8 nitrogen and oxygen atoms in total. The predicted octanol–water partition coefficient (Wildman–Crippen LogP) is 0.414. The molecule has 0 aliphatic heterocycles. The Kier molecular flexibility index (Phi) is 4.64. The Morgan fingerprint density at radius 2 is 1.85 bits per heavy atom. The van der Waals surface area contributed by atoms with Crippen molar-refractivity contribution in [3.05, 3.63) is 56.5 Å². The van der Waals surface area contributed by atoms with Gasteiger partial charge in [-0.15, -0.1) is 0 Å². The highest BCUT2D eigenvalue weighted by molar-refractivity contribution is 5.74. The number of aryl methyl sites for hydroxylation is 1. The van der Waals surface area contributed by atoms with Crippen molar-refractivity contribution in [2.75, 3.05) is 11.9 Å². The van der Waals surface area contributed by atoms with Gasteiger partial charge in [0.25, 0.3) is 5.56 Å². The van der Waals surface area contributed by atoms with Crippen LogP contribution in [-0.2, 0) is 20.6 Å². The summed E-state index contributed by atoms with van der Waals surface area (Å²) < 4.78 is 17.1. The molecule has 0 fully saturated rings. The lowest BCUT2D eigenvalue weighted by Gasteiger charge is -2.12. The summed E-state index contributed by atoms with van der Waals surface area (Å²) >= 11 is 0. The third kappa shape index (κ3) is 3.13. The lowest BCUT2D eigenvalue weighted by Crippen LogP contribution is -2.37. The number of nitrogens with zero attached hydrogens (tertiary/aromatic N) is 4. The number of fused-ring (bicyclic) bond motifs is 1. The smallest absolute Gasteiger partial charge is 0.332 e. The number of aliphatic hydroxyl groups is 1. The fraction of sp³-hybridized carbons (Fsp3) is 0.353. The van der Waals surface area contributed by atoms with E-state index < -0.39 is 17.4 Å². The Hall–Kier alpha value is -2.94. The molecule has 1 aromatic carbocycles. The summed E-state index contributed by atoms with van der Waals surface area (Å²) in [5.41, 5.74) is 0.320. The average Bonchev–Trinajstić information content (AvgIpc) is 2.96. The number of rotatable bonds is 5. The highest BCUT2D eigenvalue weighted by atomic mass is 19.1. The van der Waals surface area contributed by atoms with E-state index in [-0.39, 0.29) is 30.1 Å². The molecule has 3 aromatic rings. The number of imidazole rings is 1. The van der Waals surface area contributed by atoms with Crippen LogP contribution in [0.15, 0.2) is 33.9 Å². The van der Waals surface area contributed by atoms with Crippen LogP contribution in [-0.4, -0.2) is 36.4 Å². The maximum Gasteiger partial charge on any atom is 0.332 e. The first kappa shape index (κ1) is 17.9. The number of anilines is 1. The summed E-state index contributed by atoms with van der Waals surface area (Å²) in [6, 6.07) is 5.91. The van der Waals surface area contributed by atoms with Crippen molar-refractivity contribution >= 4 is 17.1 Å². The highest BCUT2D eigenvalue weighted by Crippen LogP contribution is 2.18. The number of halogens is 1. The molecule has 0 saturated heterocycles. The van der Waals surface area contributed by atoms with Crippen LogP contribution in [0.25, 0.3) is 11.2 Å².